The number of nitrogens with zero attached hydrogens (tertiary/aromatic N) is 2. The molecule has 26 heavy (non-hydrogen) atoms. The number of nitrogens with one attached hydrogen (secondary N) is 1. The first kappa shape index (κ1) is 19.3. The fraction of sp³-hybridized carbons (Fsp3) is 0.650. The number of aliphatic hydroxyl groups is 1. The lowest BCUT2D eigenvalue weighted by Crippen LogP contribution is -2.49. The van der Waals surface area contributed by atoms with Gasteiger partial charge in [-0.2, -0.15) is 0 Å². The summed E-state index contributed by atoms with van der Waals surface area (Å²) in [7, 11) is 0. The lowest BCUT2D eigenvalue weighted by Gasteiger charge is -2.34. The van der Waals surface area contributed by atoms with Crippen molar-refractivity contribution in [3.8, 4) is 0 Å². The molecule has 2 fully saturated rings. The third kappa shape index (κ3) is 5.27. The van der Waals surface area contributed by atoms with Crippen LogP contribution in [0.5, 0.6) is 0 Å². The van der Waals surface area contributed by atoms with Crippen LogP contribution in [-0.4, -0.2) is 86.4 Å². The highest BCUT2D eigenvalue weighted by molar-refractivity contribution is 5.94. The molecule has 1 aromatic rings. The third-order valence-corrected chi connectivity index (χ3v) is 5.37. The van der Waals surface area contributed by atoms with E-state index in [2.05, 4.69) is 22.3 Å². The lowest BCUT2D eigenvalue weighted by molar-refractivity contribution is 0.0486. The van der Waals surface area contributed by atoms with E-state index in [1.807, 2.05) is 17.0 Å². The van der Waals surface area contributed by atoms with Gasteiger partial charge in [-0.3, -0.25) is 9.69 Å². The van der Waals surface area contributed by atoms with Crippen LogP contribution in [0.2, 0.25) is 0 Å². The van der Waals surface area contributed by atoms with Gasteiger partial charge in [0.2, 0.25) is 0 Å². The number of ether oxygens (including phenoxy) is 1. The molecule has 1 atom stereocenters. The van der Waals surface area contributed by atoms with Crippen molar-refractivity contribution in [2.45, 2.75) is 18.8 Å². The summed E-state index contributed by atoms with van der Waals surface area (Å²) in [4.78, 5) is 17.0. The minimum absolute atomic E-state index is 0.0678. The molecular formula is C20H31N3O3. The highest BCUT2D eigenvalue weighted by atomic mass is 16.5. The first-order valence-corrected chi connectivity index (χ1v) is 9.79. The maximum atomic E-state index is 12.7. The Kier molecular flexibility index (Phi) is 7.43. The Bertz CT molecular complexity index is 550. The molecule has 1 aromatic carbocycles. The van der Waals surface area contributed by atoms with Crippen molar-refractivity contribution in [1.82, 2.24) is 15.1 Å². The van der Waals surface area contributed by atoms with E-state index < -0.39 is 0 Å². The molecular weight excluding hydrogens is 330 g/mol. The zero-order valence-corrected chi connectivity index (χ0v) is 15.5. The first-order valence-electron chi connectivity index (χ1n) is 9.79. The van der Waals surface area contributed by atoms with Gasteiger partial charge in [0.1, 0.15) is 0 Å². The Hall–Kier alpha value is -1.47. The lowest BCUT2D eigenvalue weighted by atomic mass is 9.91. The second-order valence-corrected chi connectivity index (χ2v) is 7.14. The summed E-state index contributed by atoms with van der Waals surface area (Å²) in [6.45, 7) is 7.37. The van der Waals surface area contributed by atoms with E-state index in [1.54, 1.807) is 0 Å². The largest absolute Gasteiger partial charge is 0.394 e. The number of amides is 1. The molecule has 2 heterocycles. The average Bonchev–Trinajstić information content (AvgIpc) is 2.72. The fourth-order valence-electron chi connectivity index (χ4n) is 3.75. The average molecular weight is 361 g/mol. The number of hydrogen-bond donors (Lipinski definition) is 2. The maximum absolute atomic E-state index is 12.7. The van der Waals surface area contributed by atoms with E-state index in [1.165, 1.54) is 18.4 Å². The predicted molar refractivity (Wildman–Crippen MR) is 102 cm³/mol. The van der Waals surface area contributed by atoms with Crippen molar-refractivity contribution in [2.24, 2.45) is 0 Å². The molecule has 0 unspecified atom stereocenters. The first-order chi connectivity index (χ1) is 12.8. The second kappa shape index (κ2) is 10.0. The number of benzene rings is 1. The standard InChI is InChI=1S/C20H31N3O3/c24-13-15-26-14-12-22-8-10-23(11-9-22)20(25)18-5-3-17(4-6-18)19-2-1-7-21-16-19/h3-6,19,21,24H,1-2,7-16H2/t19-/m0/s1. The highest BCUT2D eigenvalue weighted by Crippen LogP contribution is 2.23. The van der Waals surface area contributed by atoms with Crippen molar-refractivity contribution in [2.75, 3.05) is 65.6 Å². The molecule has 1 amide bonds. The summed E-state index contributed by atoms with van der Waals surface area (Å²) in [6, 6.07) is 8.22. The van der Waals surface area contributed by atoms with Crippen LogP contribution in [-0.2, 0) is 4.74 Å². The van der Waals surface area contributed by atoms with E-state index >= 15 is 0 Å². The number of piperazine rings is 1. The number of piperidine rings is 1. The number of carbonyl (C=O) groups excluding carboxylic acids is 1. The molecule has 0 aliphatic carbocycles. The molecule has 0 aromatic heterocycles. The van der Waals surface area contributed by atoms with Crippen LogP contribution in [0.15, 0.2) is 24.3 Å². The number of carbonyl (C=O) groups is 1. The Morgan fingerprint density at radius 1 is 1.15 bits per heavy atom. The summed E-state index contributed by atoms with van der Waals surface area (Å²) in [5.41, 5.74) is 2.12. The molecule has 0 radical (unpaired) electrons. The van der Waals surface area contributed by atoms with Crippen LogP contribution in [0.1, 0.15) is 34.7 Å². The van der Waals surface area contributed by atoms with E-state index in [9.17, 15) is 4.79 Å². The topological polar surface area (TPSA) is 65.0 Å². The molecule has 2 aliphatic rings. The van der Waals surface area contributed by atoms with Crippen molar-refractivity contribution in [3.05, 3.63) is 35.4 Å². The Balaban J connectivity index is 1.46. The third-order valence-electron chi connectivity index (χ3n) is 5.37. The summed E-state index contributed by atoms with van der Waals surface area (Å²) in [5.74, 6) is 0.707. The molecule has 3 rings (SSSR count). The molecule has 144 valence electrons. The van der Waals surface area contributed by atoms with Crippen molar-refractivity contribution < 1.29 is 14.6 Å². The van der Waals surface area contributed by atoms with Crippen molar-refractivity contribution in [1.29, 1.82) is 0 Å². The van der Waals surface area contributed by atoms with Gasteiger partial charge in [-0.25, -0.2) is 0 Å². The summed E-state index contributed by atoms with van der Waals surface area (Å²) in [6.07, 6.45) is 2.45. The quantitative estimate of drug-likeness (QED) is 0.707. The van der Waals surface area contributed by atoms with Crippen LogP contribution in [0.3, 0.4) is 0 Å². The van der Waals surface area contributed by atoms with Gasteiger partial charge in [-0.05, 0) is 43.0 Å². The van der Waals surface area contributed by atoms with E-state index in [0.29, 0.717) is 19.1 Å². The number of hydrogen-bond acceptors (Lipinski definition) is 5. The van der Waals surface area contributed by atoms with Crippen LogP contribution in [0.25, 0.3) is 0 Å². The van der Waals surface area contributed by atoms with Gasteiger partial charge in [-0.1, -0.05) is 12.1 Å². The van der Waals surface area contributed by atoms with Crippen LogP contribution in [0, 0.1) is 0 Å². The molecule has 0 bridgehead atoms. The molecule has 6 nitrogen and oxygen atoms in total. The fourth-order valence-corrected chi connectivity index (χ4v) is 3.75. The van der Waals surface area contributed by atoms with Gasteiger partial charge in [0.25, 0.3) is 5.91 Å². The molecule has 2 aliphatic heterocycles. The number of rotatable bonds is 7. The maximum Gasteiger partial charge on any atom is 0.253 e. The minimum atomic E-state index is 0.0678. The Morgan fingerprint density at radius 3 is 2.58 bits per heavy atom. The van der Waals surface area contributed by atoms with Crippen molar-refractivity contribution >= 4 is 5.91 Å². The van der Waals surface area contributed by atoms with Gasteiger partial charge in [0, 0.05) is 44.8 Å². The van der Waals surface area contributed by atoms with Gasteiger partial charge in [0.15, 0.2) is 0 Å². The van der Waals surface area contributed by atoms with E-state index in [-0.39, 0.29) is 12.5 Å². The van der Waals surface area contributed by atoms with Crippen LogP contribution in [0.4, 0.5) is 0 Å². The number of aliphatic hydroxyl groups excluding tert-OH is 1. The Labute approximate surface area is 156 Å². The van der Waals surface area contributed by atoms with E-state index in [0.717, 1.165) is 51.4 Å². The predicted octanol–water partition coefficient (Wildman–Crippen LogP) is 0.920. The monoisotopic (exact) mass is 361 g/mol. The van der Waals surface area contributed by atoms with E-state index in [4.69, 9.17) is 9.84 Å². The summed E-state index contributed by atoms with van der Waals surface area (Å²) < 4.78 is 5.31. The minimum Gasteiger partial charge on any atom is -0.394 e. The highest BCUT2D eigenvalue weighted by Gasteiger charge is 2.22. The normalized spacial score (nSPS) is 21.7. The SMILES string of the molecule is O=C(c1ccc([C@H]2CCCNC2)cc1)N1CCN(CCOCCO)CC1. The summed E-state index contributed by atoms with van der Waals surface area (Å²) >= 11 is 0. The van der Waals surface area contributed by atoms with Crippen LogP contribution < -0.4 is 5.32 Å². The van der Waals surface area contributed by atoms with Gasteiger partial charge in [-0.15, -0.1) is 0 Å². The second-order valence-electron chi connectivity index (χ2n) is 7.14. The molecule has 2 N–H and O–H groups in total. The molecule has 6 heteroatoms. The zero-order chi connectivity index (χ0) is 18.2. The van der Waals surface area contributed by atoms with Gasteiger partial charge >= 0.3 is 0 Å². The molecule has 0 spiro atoms. The Morgan fingerprint density at radius 2 is 1.92 bits per heavy atom. The van der Waals surface area contributed by atoms with Crippen LogP contribution >= 0.6 is 0 Å². The molecule has 0 saturated carbocycles. The van der Waals surface area contributed by atoms with Gasteiger partial charge < -0.3 is 20.1 Å². The molecule has 2 saturated heterocycles. The smallest absolute Gasteiger partial charge is 0.253 e. The zero-order valence-electron chi connectivity index (χ0n) is 15.5. The van der Waals surface area contributed by atoms with Gasteiger partial charge in [0.05, 0.1) is 19.8 Å². The summed E-state index contributed by atoms with van der Waals surface area (Å²) in [5, 5.41) is 12.2. The van der Waals surface area contributed by atoms with Crippen molar-refractivity contribution in [3.63, 3.8) is 0 Å².